The lowest BCUT2D eigenvalue weighted by atomic mass is 9.94. The van der Waals surface area contributed by atoms with E-state index in [1.54, 1.807) is 10.8 Å². The summed E-state index contributed by atoms with van der Waals surface area (Å²) in [6.07, 6.45) is 2.51. The van der Waals surface area contributed by atoms with Crippen LogP contribution in [0.25, 0.3) is 0 Å². The molecule has 0 fully saturated rings. The second kappa shape index (κ2) is 5.39. The van der Waals surface area contributed by atoms with E-state index in [2.05, 4.69) is 65.1 Å². The molecule has 0 amide bonds. The first-order valence-corrected chi connectivity index (χ1v) is 10.1. The Bertz CT molecular complexity index is 358. The van der Waals surface area contributed by atoms with Gasteiger partial charge in [0.1, 0.15) is 0 Å². The molecule has 1 heteroatoms. The summed E-state index contributed by atoms with van der Waals surface area (Å²) in [6.45, 7) is 14.4. The standard InChI is InChI=1S/C16H28Si/c1-7-14-10-8-9-11-15(14)17(5,6)13-12-16(2,3)4/h8-11H,7,12-13H2,1-6H3. The van der Waals surface area contributed by atoms with Gasteiger partial charge < -0.3 is 0 Å². The van der Waals surface area contributed by atoms with Gasteiger partial charge in [0.05, 0.1) is 8.07 Å². The van der Waals surface area contributed by atoms with E-state index in [1.165, 1.54) is 18.9 Å². The lowest BCUT2D eigenvalue weighted by Gasteiger charge is -2.29. The third-order valence-corrected chi connectivity index (χ3v) is 7.07. The minimum absolute atomic E-state index is 0.464. The van der Waals surface area contributed by atoms with E-state index >= 15 is 0 Å². The van der Waals surface area contributed by atoms with Gasteiger partial charge in [0, 0.05) is 0 Å². The fourth-order valence-corrected chi connectivity index (χ4v) is 5.63. The summed E-state index contributed by atoms with van der Waals surface area (Å²) >= 11 is 0. The van der Waals surface area contributed by atoms with Crippen LogP contribution in [0.4, 0.5) is 0 Å². The predicted octanol–water partition coefficient (Wildman–Crippen LogP) is 4.60. The highest BCUT2D eigenvalue weighted by molar-refractivity contribution is 6.90. The summed E-state index contributed by atoms with van der Waals surface area (Å²) in [5.41, 5.74) is 2.03. The molecule has 0 aliphatic rings. The van der Waals surface area contributed by atoms with Crippen molar-refractivity contribution in [1.82, 2.24) is 0 Å². The SMILES string of the molecule is CCc1ccccc1[Si](C)(C)CCC(C)(C)C. The van der Waals surface area contributed by atoms with E-state index in [1.807, 2.05) is 0 Å². The molecule has 1 aromatic rings. The van der Waals surface area contributed by atoms with Crippen molar-refractivity contribution in [1.29, 1.82) is 0 Å². The number of rotatable bonds is 4. The lowest BCUT2D eigenvalue weighted by molar-refractivity contribution is 0.396. The molecule has 0 heterocycles. The van der Waals surface area contributed by atoms with Gasteiger partial charge in [-0.15, -0.1) is 0 Å². The average Bonchev–Trinajstić information content (AvgIpc) is 2.26. The minimum Gasteiger partial charge on any atom is -0.0654 e. The zero-order valence-corrected chi connectivity index (χ0v) is 13.4. The van der Waals surface area contributed by atoms with Gasteiger partial charge >= 0.3 is 0 Å². The van der Waals surface area contributed by atoms with Gasteiger partial charge in [-0.05, 0) is 17.4 Å². The van der Waals surface area contributed by atoms with Gasteiger partial charge in [-0.1, -0.05) is 82.7 Å². The molecule has 0 spiro atoms. The van der Waals surface area contributed by atoms with Crippen molar-refractivity contribution in [3.8, 4) is 0 Å². The van der Waals surface area contributed by atoms with E-state index < -0.39 is 8.07 Å². The molecule has 0 aromatic heterocycles. The lowest BCUT2D eigenvalue weighted by Crippen LogP contribution is -2.43. The first-order valence-electron chi connectivity index (χ1n) is 6.85. The molecule has 1 rings (SSSR count). The highest BCUT2D eigenvalue weighted by Crippen LogP contribution is 2.26. The van der Waals surface area contributed by atoms with Crippen LogP contribution in [0.3, 0.4) is 0 Å². The van der Waals surface area contributed by atoms with Gasteiger partial charge in [-0.25, -0.2) is 0 Å². The smallest absolute Gasteiger partial charge is 0.0654 e. The third-order valence-electron chi connectivity index (χ3n) is 3.63. The maximum Gasteiger partial charge on any atom is 0.0810 e. The quantitative estimate of drug-likeness (QED) is 0.683. The Kier molecular flexibility index (Phi) is 4.59. The summed E-state index contributed by atoms with van der Waals surface area (Å²) in [5.74, 6) is 0. The van der Waals surface area contributed by atoms with Crippen LogP contribution in [0.1, 0.15) is 39.7 Å². The molecule has 0 saturated heterocycles. The van der Waals surface area contributed by atoms with E-state index in [0.29, 0.717) is 5.41 Å². The maximum absolute atomic E-state index is 2.52. The molecule has 0 N–H and O–H groups in total. The Morgan fingerprint density at radius 3 is 2.18 bits per heavy atom. The summed E-state index contributed by atoms with van der Waals surface area (Å²) in [4.78, 5) is 0. The van der Waals surface area contributed by atoms with Crippen LogP contribution in [0, 0.1) is 5.41 Å². The Balaban J connectivity index is 2.88. The number of benzene rings is 1. The van der Waals surface area contributed by atoms with Gasteiger partial charge in [-0.2, -0.15) is 0 Å². The molecule has 0 aliphatic heterocycles. The largest absolute Gasteiger partial charge is 0.0810 e. The van der Waals surface area contributed by atoms with Gasteiger partial charge in [0.25, 0.3) is 0 Å². The van der Waals surface area contributed by atoms with E-state index in [9.17, 15) is 0 Å². The van der Waals surface area contributed by atoms with E-state index in [4.69, 9.17) is 0 Å². The Hall–Kier alpha value is -0.563. The fraction of sp³-hybridized carbons (Fsp3) is 0.625. The van der Waals surface area contributed by atoms with Crippen molar-refractivity contribution >= 4 is 13.3 Å². The zero-order valence-electron chi connectivity index (χ0n) is 12.4. The molecule has 0 bridgehead atoms. The number of hydrogen-bond donors (Lipinski definition) is 0. The van der Waals surface area contributed by atoms with Gasteiger partial charge in [0.15, 0.2) is 0 Å². The maximum atomic E-state index is 2.52. The molecule has 0 radical (unpaired) electrons. The van der Waals surface area contributed by atoms with Gasteiger partial charge in [0.2, 0.25) is 0 Å². The molecular formula is C16H28Si. The number of hydrogen-bond acceptors (Lipinski definition) is 0. The van der Waals surface area contributed by atoms with Crippen LogP contribution in [-0.4, -0.2) is 8.07 Å². The monoisotopic (exact) mass is 248 g/mol. The number of aryl methyl sites for hydroxylation is 1. The third kappa shape index (κ3) is 4.31. The molecule has 0 unspecified atom stereocenters. The second-order valence-corrected chi connectivity index (χ2v) is 11.8. The molecule has 0 saturated carbocycles. The average molecular weight is 248 g/mol. The van der Waals surface area contributed by atoms with Crippen molar-refractivity contribution < 1.29 is 0 Å². The van der Waals surface area contributed by atoms with Crippen LogP contribution in [0.15, 0.2) is 24.3 Å². The van der Waals surface area contributed by atoms with Crippen molar-refractivity contribution in [2.75, 3.05) is 0 Å². The molecule has 0 nitrogen and oxygen atoms in total. The second-order valence-electron chi connectivity index (χ2n) is 6.96. The summed E-state index contributed by atoms with van der Waals surface area (Å²) in [7, 11) is -1.25. The normalized spacial score (nSPS) is 12.8. The molecule has 96 valence electrons. The summed E-state index contributed by atoms with van der Waals surface area (Å²) < 4.78 is 0. The Morgan fingerprint density at radius 1 is 1.06 bits per heavy atom. The van der Waals surface area contributed by atoms with Gasteiger partial charge in [-0.3, -0.25) is 0 Å². The van der Waals surface area contributed by atoms with Crippen molar-refractivity contribution in [3.05, 3.63) is 29.8 Å². The van der Waals surface area contributed by atoms with E-state index in [0.717, 1.165) is 0 Å². The van der Waals surface area contributed by atoms with Crippen LogP contribution in [0.5, 0.6) is 0 Å². The van der Waals surface area contributed by atoms with Crippen molar-refractivity contribution in [3.63, 3.8) is 0 Å². The van der Waals surface area contributed by atoms with Crippen molar-refractivity contribution in [2.45, 2.75) is 59.7 Å². The molecule has 17 heavy (non-hydrogen) atoms. The molecular weight excluding hydrogens is 220 g/mol. The van der Waals surface area contributed by atoms with Crippen LogP contribution < -0.4 is 5.19 Å². The van der Waals surface area contributed by atoms with Crippen molar-refractivity contribution in [2.24, 2.45) is 5.41 Å². The first kappa shape index (κ1) is 14.5. The molecule has 0 atom stereocenters. The Morgan fingerprint density at radius 2 is 1.65 bits per heavy atom. The highest BCUT2D eigenvalue weighted by atomic mass is 28.3. The van der Waals surface area contributed by atoms with Crippen LogP contribution in [0.2, 0.25) is 19.1 Å². The minimum atomic E-state index is -1.25. The van der Waals surface area contributed by atoms with E-state index in [-0.39, 0.29) is 0 Å². The molecule has 1 aromatic carbocycles. The Labute approximate surface area is 108 Å². The predicted molar refractivity (Wildman–Crippen MR) is 81.8 cm³/mol. The fourth-order valence-electron chi connectivity index (χ4n) is 2.31. The summed E-state index contributed by atoms with van der Waals surface area (Å²) in [5, 5.41) is 1.67. The zero-order chi connectivity index (χ0) is 13.1. The topological polar surface area (TPSA) is 0 Å². The summed E-state index contributed by atoms with van der Waals surface area (Å²) in [6, 6.07) is 10.5. The highest BCUT2D eigenvalue weighted by Gasteiger charge is 2.27. The first-order chi connectivity index (χ1) is 7.76. The molecule has 0 aliphatic carbocycles. The van der Waals surface area contributed by atoms with Crippen LogP contribution in [-0.2, 0) is 6.42 Å². The van der Waals surface area contributed by atoms with Crippen LogP contribution >= 0.6 is 0 Å².